The van der Waals surface area contributed by atoms with E-state index in [4.69, 9.17) is 5.73 Å². The smallest absolute Gasteiger partial charge is 0.254 e. The van der Waals surface area contributed by atoms with Crippen LogP contribution in [0.5, 0.6) is 0 Å². The molecule has 0 bridgehead atoms. The van der Waals surface area contributed by atoms with Gasteiger partial charge in [0.15, 0.2) is 5.78 Å². The summed E-state index contributed by atoms with van der Waals surface area (Å²) in [5, 5.41) is 2.88. The Morgan fingerprint density at radius 3 is 2.43 bits per heavy atom. The molecule has 2 heterocycles. The number of carbonyl (C=O) groups excluding carboxylic acids is 4. The Morgan fingerprint density at radius 2 is 1.74 bits per heavy atom. The number of carbonyl (C=O) groups is 4. The van der Waals surface area contributed by atoms with Crippen molar-refractivity contribution >= 4 is 23.5 Å². The number of benzene rings is 2. The number of rotatable bonds is 7. The minimum Gasteiger partial charge on any atom is -0.340 e. The van der Waals surface area contributed by atoms with E-state index in [0.29, 0.717) is 37.1 Å². The first kappa shape index (κ1) is 24.6. The van der Waals surface area contributed by atoms with Crippen LogP contribution in [0.3, 0.4) is 0 Å². The van der Waals surface area contributed by atoms with E-state index in [-0.39, 0.29) is 42.0 Å². The number of fused-ring (bicyclic) bond motifs is 1. The maximum Gasteiger partial charge on any atom is 0.254 e. The molecule has 3 unspecified atom stereocenters. The predicted octanol–water partition coefficient (Wildman–Crippen LogP) is 1.98. The van der Waals surface area contributed by atoms with Crippen LogP contribution in [0.25, 0.3) is 0 Å². The molecule has 0 aliphatic carbocycles. The van der Waals surface area contributed by atoms with Crippen LogP contribution in [0.15, 0.2) is 54.6 Å². The molecule has 0 aromatic heterocycles. The maximum absolute atomic E-state index is 13.6. The quantitative estimate of drug-likeness (QED) is 0.635. The van der Waals surface area contributed by atoms with Gasteiger partial charge in [-0.1, -0.05) is 44.2 Å². The van der Waals surface area contributed by atoms with Gasteiger partial charge in [0.05, 0.1) is 12.6 Å². The lowest BCUT2D eigenvalue weighted by Crippen LogP contribution is -2.53. The molecule has 8 heteroatoms. The van der Waals surface area contributed by atoms with E-state index in [2.05, 4.69) is 5.32 Å². The molecule has 3 amide bonds. The summed E-state index contributed by atoms with van der Waals surface area (Å²) in [5.41, 5.74) is 7.48. The molecule has 3 N–H and O–H groups in total. The molecule has 0 radical (unpaired) electrons. The predicted molar refractivity (Wildman–Crippen MR) is 131 cm³/mol. The molecule has 3 atom stereocenters. The van der Waals surface area contributed by atoms with E-state index < -0.39 is 12.1 Å². The van der Waals surface area contributed by atoms with Crippen molar-refractivity contribution in [1.29, 1.82) is 0 Å². The number of Topliss-reactive ketones (excluding diaryl/α,β-unsaturated/α-hetero) is 1. The van der Waals surface area contributed by atoms with Gasteiger partial charge >= 0.3 is 0 Å². The van der Waals surface area contributed by atoms with E-state index in [1.165, 1.54) is 0 Å². The van der Waals surface area contributed by atoms with Gasteiger partial charge in [-0.05, 0) is 48.6 Å². The van der Waals surface area contributed by atoms with Gasteiger partial charge in [0, 0.05) is 24.2 Å². The molecule has 0 spiro atoms. The summed E-state index contributed by atoms with van der Waals surface area (Å²) in [7, 11) is 0. The van der Waals surface area contributed by atoms with E-state index in [1.807, 2.05) is 26.0 Å². The number of nitrogens with two attached hydrogens (primary N) is 1. The summed E-state index contributed by atoms with van der Waals surface area (Å²) in [6, 6.07) is 14.1. The first-order valence-electron chi connectivity index (χ1n) is 12.1. The SMILES string of the molecule is CC(C)CC(NC(=O)c1cccc(CN)c1)C(=O)N1CCC2C1C(=O)CN2C(=O)c1ccccc1. The van der Waals surface area contributed by atoms with Crippen molar-refractivity contribution in [2.24, 2.45) is 11.7 Å². The van der Waals surface area contributed by atoms with Gasteiger partial charge in [-0.2, -0.15) is 0 Å². The number of amides is 3. The van der Waals surface area contributed by atoms with Gasteiger partial charge in [-0.3, -0.25) is 19.2 Å². The van der Waals surface area contributed by atoms with Crippen LogP contribution in [0.1, 0.15) is 53.0 Å². The van der Waals surface area contributed by atoms with Crippen molar-refractivity contribution in [1.82, 2.24) is 15.1 Å². The molecule has 184 valence electrons. The number of hydrogen-bond donors (Lipinski definition) is 2. The zero-order valence-electron chi connectivity index (χ0n) is 20.1. The van der Waals surface area contributed by atoms with E-state index in [0.717, 1.165) is 5.56 Å². The van der Waals surface area contributed by atoms with Gasteiger partial charge < -0.3 is 20.9 Å². The minimum atomic E-state index is -0.769. The average molecular weight is 477 g/mol. The summed E-state index contributed by atoms with van der Waals surface area (Å²) in [4.78, 5) is 55.8. The van der Waals surface area contributed by atoms with E-state index in [9.17, 15) is 19.2 Å². The minimum absolute atomic E-state index is 0.0140. The molecule has 2 fully saturated rings. The molecule has 0 saturated carbocycles. The molecule has 2 saturated heterocycles. The molecular formula is C27H32N4O4. The van der Waals surface area contributed by atoms with Gasteiger partial charge in [0.25, 0.3) is 11.8 Å². The Bertz CT molecular complexity index is 1120. The first-order chi connectivity index (χ1) is 16.8. The maximum atomic E-state index is 13.6. The molecule has 4 rings (SSSR count). The molecule has 2 aliphatic rings. The van der Waals surface area contributed by atoms with Crippen LogP contribution in [0.2, 0.25) is 0 Å². The Kier molecular flexibility index (Phi) is 7.31. The summed E-state index contributed by atoms with van der Waals surface area (Å²) in [5.74, 6) is -0.831. The monoisotopic (exact) mass is 476 g/mol. The molecule has 2 aromatic carbocycles. The average Bonchev–Trinajstić information content (AvgIpc) is 3.44. The van der Waals surface area contributed by atoms with Gasteiger partial charge in [0.1, 0.15) is 12.1 Å². The fraction of sp³-hybridized carbons (Fsp3) is 0.407. The van der Waals surface area contributed by atoms with Gasteiger partial charge in [-0.15, -0.1) is 0 Å². The summed E-state index contributed by atoms with van der Waals surface area (Å²) < 4.78 is 0. The number of hydrogen-bond acceptors (Lipinski definition) is 5. The summed E-state index contributed by atoms with van der Waals surface area (Å²) in [6.07, 6.45) is 0.970. The fourth-order valence-corrected chi connectivity index (χ4v) is 5.06. The zero-order chi connectivity index (χ0) is 25.1. The van der Waals surface area contributed by atoms with Crippen molar-refractivity contribution in [2.75, 3.05) is 13.1 Å². The fourth-order valence-electron chi connectivity index (χ4n) is 5.06. The molecule has 35 heavy (non-hydrogen) atoms. The van der Waals surface area contributed by atoms with Crippen molar-refractivity contribution < 1.29 is 19.2 Å². The van der Waals surface area contributed by atoms with Gasteiger partial charge in [-0.25, -0.2) is 0 Å². The standard InChI is InChI=1S/C27H32N4O4/c1-17(2)13-21(29-25(33)20-10-6-7-18(14-20)15-28)27(35)30-12-11-22-24(30)23(32)16-31(22)26(34)19-8-4-3-5-9-19/h3-10,14,17,21-22,24H,11-13,15-16,28H2,1-2H3,(H,29,33). The topological polar surface area (TPSA) is 113 Å². The third-order valence-electron chi connectivity index (χ3n) is 6.72. The molecule has 2 aliphatic heterocycles. The molecular weight excluding hydrogens is 444 g/mol. The highest BCUT2D eigenvalue weighted by molar-refractivity contribution is 6.03. The largest absolute Gasteiger partial charge is 0.340 e. The normalized spacial score (nSPS) is 20.2. The second-order valence-electron chi connectivity index (χ2n) is 9.66. The number of nitrogens with zero attached hydrogens (tertiary/aromatic N) is 2. The summed E-state index contributed by atoms with van der Waals surface area (Å²) in [6.45, 7) is 4.63. The Hall–Kier alpha value is -3.52. The zero-order valence-corrected chi connectivity index (χ0v) is 20.1. The van der Waals surface area contributed by atoms with Crippen LogP contribution in [-0.2, 0) is 16.1 Å². The van der Waals surface area contributed by atoms with Crippen molar-refractivity contribution in [2.45, 2.75) is 51.4 Å². The van der Waals surface area contributed by atoms with Crippen LogP contribution in [0.4, 0.5) is 0 Å². The van der Waals surface area contributed by atoms with E-state index >= 15 is 0 Å². The Balaban J connectivity index is 1.51. The third-order valence-corrected chi connectivity index (χ3v) is 6.72. The van der Waals surface area contributed by atoms with Crippen LogP contribution >= 0.6 is 0 Å². The lowest BCUT2D eigenvalue weighted by Gasteiger charge is -2.29. The lowest BCUT2D eigenvalue weighted by molar-refractivity contribution is -0.138. The van der Waals surface area contributed by atoms with Gasteiger partial charge in [0.2, 0.25) is 5.91 Å². The van der Waals surface area contributed by atoms with Crippen molar-refractivity contribution in [3.63, 3.8) is 0 Å². The lowest BCUT2D eigenvalue weighted by atomic mass is 10.0. The van der Waals surface area contributed by atoms with Crippen LogP contribution in [0, 0.1) is 5.92 Å². The molecule has 2 aromatic rings. The highest BCUT2D eigenvalue weighted by atomic mass is 16.2. The Morgan fingerprint density at radius 1 is 1.03 bits per heavy atom. The summed E-state index contributed by atoms with van der Waals surface area (Å²) >= 11 is 0. The first-order valence-corrected chi connectivity index (χ1v) is 12.1. The van der Waals surface area contributed by atoms with Crippen LogP contribution in [-0.4, -0.2) is 64.5 Å². The van der Waals surface area contributed by atoms with Crippen molar-refractivity contribution in [3.8, 4) is 0 Å². The molecule has 8 nitrogen and oxygen atoms in total. The highest BCUT2D eigenvalue weighted by Crippen LogP contribution is 2.31. The number of likely N-dealkylation sites (tertiary alicyclic amines) is 2. The number of ketones is 1. The van der Waals surface area contributed by atoms with Crippen LogP contribution < -0.4 is 11.1 Å². The van der Waals surface area contributed by atoms with Crippen molar-refractivity contribution in [3.05, 3.63) is 71.3 Å². The third kappa shape index (κ3) is 5.12. The van der Waals surface area contributed by atoms with E-state index in [1.54, 1.807) is 52.3 Å². The Labute approximate surface area is 205 Å². The number of nitrogens with one attached hydrogen (secondary N) is 1. The highest BCUT2D eigenvalue weighted by Gasteiger charge is 2.52. The second-order valence-corrected chi connectivity index (χ2v) is 9.66. The second kappa shape index (κ2) is 10.4.